The lowest BCUT2D eigenvalue weighted by molar-refractivity contribution is 0.0981. The Morgan fingerprint density at radius 2 is 2.07 bits per heavy atom. The van der Waals surface area contributed by atoms with Crippen LogP contribution < -0.4 is 5.56 Å². The van der Waals surface area contributed by atoms with Gasteiger partial charge in [0.25, 0.3) is 5.56 Å². The highest BCUT2D eigenvalue weighted by molar-refractivity contribution is 7.18. The Bertz CT molecular complexity index is 1030. The van der Waals surface area contributed by atoms with Gasteiger partial charge in [0.05, 0.1) is 18.0 Å². The molecule has 0 saturated heterocycles. The zero-order valence-corrected chi connectivity index (χ0v) is 18.2. The van der Waals surface area contributed by atoms with E-state index < -0.39 is 6.10 Å². The van der Waals surface area contributed by atoms with Gasteiger partial charge in [0.15, 0.2) is 0 Å². The van der Waals surface area contributed by atoms with Gasteiger partial charge >= 0.3 is 0 Å². The zero-order valence-electron chi connectivity index (χ0n) is 17.4. The predicted molar refractivity (Wildman–Crippen MR) is 120 cm³/mol. The van der Waals surface area contributed by atoms with Crippen LogP contribution in [0.5, 0.6) is 0 Å². The van der Waals surface area contributed by atoms with Gasteiger partial charge in [0, 0.05) is 31.7 Å². The molecule has 1 aliphatic carbocycles. The number of nitrogens with one attached hydrogen (secondary N) is 1. The summed E-state index contributed by atoms with van der Waals surface area (Å²) in [5, 5.41) is 11.5. The molecule has 1 atom stereocenters. The molecule has 30 heavy (non-hydrogen) atoms. The summed E-state index contributed by atoms with van der Waals surface area (Å²) in [5.74, 6) is 0.656. The molecule has 6 nitrogen and oxygen atoms in total. The third kappa shape index (κ3) is 4.81. The fourth-order valence-electron chi connectivity index (χ4n) is 4.19. The van der Waals surface area contributed by atoms with Crippen LogP contribution in [0.25, 0.3) is 10.2 Å². The minimum atomic E-state index is -0.599. The van der Waals surface area contributed by atoms with Crippen molar-refractivity contribution in [2.45, 2.75) is 44.8 Å². The summed E-state index contributed by atoms with van der Waals surface area (Å²) in [6, 6.07) is 9.66. The fraction of sp³-hybridized carbons (Fsp3) is 0.478. The van der Waals surface area contributed by atoms with E-state index in [0.29, 0.717) is 25.5 Å². The maximum absolute atomic E-state index is 12.8. The standard InChI is InChI=1S/C23H29N3O3S/c1-29-13-7-12-26(14-18(27)16-8-3-2-4-9-16)15-20-24-22(28)21-17-10-5-6-11-19(17)30-23(21)25-20/h2-4,8-9,18,27H,5-7,10-15H2,1H3,(H,24,25,28)/t18-/m0/s1. The largest absolute Gasteiger partial charge is 0.387 e. The molecule has 1 aromatic carbocycles. The molecule has 0 bridgehead atoms. The number of fused-ring (bicyclic) bond motifs is 3. The minimum absolute atomic E-state index is 0.0325. The molecule has 0 unspecified atom stereocenters. The van der Waals surface area contributed by atoms with Crippen LogP contribution in [-0.4, -0.2) is 46.8 Å². The van der Waals surface area contributed by atoms with Crippen LogP contribution in [0.2, 0.25) is 0 Å². The molecule has 3 aromatic rings. The maximum atomic E-state index is 12.8. The fourth-order valence-corrected chi connectivity index (χ4v) is 5.47. The maximum Gasteiger partial charge on any atom is 0.259 e. The number of thiophene rings is 1. The summed E-state index contributed by atoms with van der Waals surface area (Å²) < 4.78 is 5.19. The van der Waals surface area contributed by atoms with Crippen molar-refractivity contribution >= 4 is 21.6 Å². The van der Waals surface area contributed by atoms with E-state index in [1.165, 1.54) is 16.9 Å². The second kappa shape index (κ2) is 9.83. The summed E-state index contributed by atoms with van der Waals surface area (Å²) in [6.45, 7) is 2.36. The van der Waals surface area contributed by atoms with Crippen molar-refractivity contribution in [3.8, 4) is 0 Å². The third-order valence-corrected chi connectivity index (χ3v) is 6.87. The van der Waals surface area contributed by atoms with Gasteiger partial charge in [-0.15, -0.1) is 11.3 Å². The Labute approximate surface area is 180 Å². The van der Waals surface area contributed by atoms with Gasteiger partial charge < -0.3 is 14.8 Å². The van der Waals surface area contributed by atoms with Crippen LogP contribution >= 0.6 is 11.3 Å². The Hall–Kier alpha value is -2.06. The molecule has 0 aliphatic heterocycles. The number of benzene rings is 1. The average Bonchev–Trinajstić information content (AvgIpc) is 3.13. The molecular formula is C23H29N3O3S. The second-order valence-electron chi connectivity index (χ2n) is 7.91. The van der Waals surface area contributed by atoms with Gasteiger partial charge in [-0.25, -0.2) is 4.98 Å². The van der Waals surface area contributed by atoms with E-state index in [9.17, 15) is 9.90 Å². The number of ether oxygens (including phenoxy) is 1. The quantitative estimate of drug-likeness (QED) is 0.512. The molecule has 4 rings (SSSR count). The van der Waals surface area contributed by atoms with Crippen LogP contribution in [0.15, 0.2) is 35.1 Å². The van der Waals surface area contributed by atoms with Crippen LogP contribution in [-0.2, 0) is 24.1 Å². The van der Waals surface area contributed by atoms with Crippen molar-refractivity contribution in [1.82, 2.24) is 14.9 Å². The van der Waals surface area contributed by atoms with E-state index in [2.05, 4.69) is 9.88 Å². The van der Waals surface area contributed by atoms with Crippen LogP contribution in [0, 0.1) is 0 Å². The molecule has 0 saturated carbocycles. The number of rotatable bonds is 9. The monoisotopic (exact) mass is 427 g/mol. The number of aromatic nitrogens is 2. The molecule has 0 spiro atoms. The van der Waals surface area contributed by atoms with Crippen molar-refractivity contribution in [2.75, 3.05) is 26.8 Å². The van der Waals surface area contributed by atoms with E-state index in [4.69, 9.17) is 9.72 Å². The van der Waals surface area contributed by atoms with Gasteiger partial charge in [-0.3, -0.25) is 9.69 Å². The number of methoxy groups -OCH3 is 1. The topological polar surface area (TPSA) is 78.5 Å². The lowest BCUT2D eigenvalue weighted by Crippen LogP contribution is -2.31. The van der Waals surface area contributed by atoms with Crippen molar-refractivity contribution in [2.24, 2.45) is 0 Å². The van der Waals surface area contributed by atoms with E-state index in [1.807, 2.05) is 30.3 Å². The number of aliphatic hydroxyl groups is 1. The lowest BCUT2D eigenvalue weighted by Gasteiger charge is -2.24. The first kappa shape index (κ1) is 21.2. The number of aliphatic hydroxyl groups excluding tert-OH is 1. The Balaban J connectivity index is 1.55. The summed E-state index contributed by atoms with van der Waals surface area (Å²) in [4.78, 5) is 24.9. The average molecular weight is 428 g/mol. The summed E-state index contributed by atoms with van der Waals surface area (Å²) in [7, 11) is 1.69. The predicted octanol–water partition coefficient (Wildman–Crippen LogP) is 3.44. The van der Waals surface area contributed by atoms with Crippen molar-refractivity contribution < 1.29 is 9.84 Å². The molecule has 7 heteroatoms. The van der Waals surface area contributed by atoms with E-state index in [0.717, 1.165) is 48.0 Å². The molecule has 160 valence electrons. The highest BCUT2D eigenvalue weighted by atomic mass is 32.1. The van der Waals surface area contributed by atoms with Crippen LogP contribution in [0.1, 0.15) is 47.2 Å². The molecule has 2 heterocycles. The van der Waals surface area contributed by atoms with Gasteiger partial charge in [0.2, 0.25) is 0 Å². The molecule has 2 aromatic heterocycles. The Kier molecular flexibility index (Phi) is 6.94. The van der Waals surface area contributed by atoms with Gasteiger partial charge in [0.1, 0.15) is 10.7 Å². The third-order valence-electron chi connectivity index (χ3n) is 5.69. The first-order valence-corrected chi connectivity index (χ1v) is 11.4. The first-order chi connectivity index (χ1) is 14.7. The highest BCUT2D eigenvalue weighted by Crippen LogP contribution is 2.33. The summed E-state index contributed by atoms with van der Waals surface area (Å²) >= 11 is 1.67. The summed E-state index contributed by atoms with van der Waals surface area (Å²) in [5.41, 5.74) is 2.06. The van der Waals surface area contributed by atoms with E-state index in [-0.39, 0.29) is 5.56 Å². The summed E-state index contributed by atoms with van der Waals surface area (Å²) in [6.07, 6.45) is 4.61. The van der Waals surface area contributed by atoms with E-state index in [1.54, 1.807) is 18.4 Å². The number of aromatic amines is 1. The molecule has 0 fully saturated rings. The Morgan fingerprint density at radius 3 is 2.87 bits per heavy atom. The normalized spacial score (nSPS) is 14.9. The second-order valence-corrected chi connectivity index (χ2v) is 9.00. The Morgan fingerprint density at radius 1 is 1.27 bits per heavy atom. The number of hydrogen-bond donors (Lipinski definition) is 2. The lowest BCUT2D eigenvalue weighted by atomic mass is 9.97. The molecule has 0 amide bonds. The first-order valence-electron chi connectivity index (χ1n) is 10.6. The van der Waals surface area contributed by atoms with Crippen molar-refractivity contribution in [1.29, 1.82) is 0 Å². The molecule has 1 aliphatic rings. The number of nitrogens with zero attached hydrogens (tertiary/aromatic N) is 2. The molecule has 0 radical (unpaired) electrons. The number of H-pyrrole nitrogens is 1. The van der Waals surface area contributed by atoms with Gasteiger partial charge in [-0.1, -0.05) is 30.3 Å². The zero-order chi connectivity index (χ0) is 20.9. The van der Waals surface area contributed by atoms with E-state index >= 15 is 0 Å². The minimum Gasteiger partial charge on any atom is -0.387 e. The van der Waals surface area contributed by atoms with Gasteiger partial charge in [-0.2, -0.15) is 0 Å². The molecular weight excluding hydrogens is 398 g/mol. The van der Waals surface area contributed by atoms with Crippen molar-refractivity contribution in [3.63, 3.8) is 0 Å². The van der Waals surface area contributed by atoms with Crippen molar-refractivity contribution in [3.05, 3.63) is 62.5 Å². The van der Waals surface area contributed by atoms with Crippen LogP contribution in [0.3, 0.4) is 0 Å². The smallest absolute Gasteiger partial charge is 0.259 e. The molecule has 2 N–H and O–H groups in total. The number of aryl methyl sites for hydroxylation is 2. The van der Waals surface area contributed by atoms with Gasteiger partial charge in [-0.05, 0) is 43.2 Å². The van der Waals surface area contributed by atoms with Crippen LogP contribution in [0.4, 0.5) is 0 Å². The number of hydrogen-bond acceptors (Lipinski definition) is 6. The highest BCUT2D eigenvalue weighted by Gasteiger charge is 2.21. The SMILES string of the molecule is COCCCN(Cc1nc2sc3c(c2c(=O)[nH]1)CCCC3)C[C@H](O)c1ccccc1.